The predicted molar refractivity (Wildman–Crippen MR) is 39.7 cm³/mol. The van der Waals surface area contributed by atoms with Crippen LogP contribution in [0.3, 0.4) is 0 Å². The SMILES string of the molecule is NCCN(CC(F)F)S(N)(=O)=O. The van der Waals surface area contributed by atoms with Gasteiger partial charge >= 0.3 is 0 Å². The smallest absolute Gasteiger partial charge is 0.277 e. The van der Waals surface area contributed by atoms with Crippen molar-refractivity contribution in [2.75, 3.05) is 19.6 Å². The molecule has 74 valence electrons. The van der Waals surface area contributed by atoms with Gasteiger partial charge in [0.05, 0.1) is 6.54 Å². The van der Waals surface area contributed by atoms with Gasteiger partial charge < -0.3 is 5.73 Å². The van der Waals surface area contributed by atoms with Crippen LogP contribution in [0.25, 0.3) is 0 Å². The third-order valence-corrected chi connectivity index (χ3v) is 2.13. The maximum atomic E-state index is 11.7. The lowest BCUT2D eigenvalue weighted by atomic mass is 10.6. The molecule has 0 saturated carbocycles. The summed E-state index contributed by atoms with van der Waals surface area (Å²) in [6.07, 6.45) is -2.74. The molecule has 0 aliphatic carbocycles. The second-order valence-electron chi connectivity index (χ2n) is 2.08. The van der Waals surface area contributed by atoms with Gasteiger partial charge in [0.2, 0.25) is 0 Å². The van der Waals surface area contributed by atoms with E-state index in [4.69, 9.17) is 5.73 Å². The molecule has 0 amide bonds. The quantitative estimate of drug-likeness (QED) is 0.583. The average Bonchev–Trinajstić information content (AvgIpc) is 1.83. The van der Waals surface area contributed by atoms with Gasteiger partial charge in [0.25, 0.3) is 16.6 Å². The Hall–Kier alpha value is -0.310. The van der Waals surface area contributed by atoms with Crippen molar-refractivity contribution in [3.8, 4) is 0 Å². The maximum Gasteiger partial charge on any atom is 0.277 e. The van der Waals surface area contributed by atoms with Crippen molar-refractivity contribution >= 4 is 10.2 Å². The summed E-state index contributed by atoms with van der Waals surface area (Å²) < 4.78 is 45.1. The Bertz CT molecular complexity index is 218. The minimum absolute atomic E-state index is 0.0385. The average molecular weight is 203 g/mol. The third-order valence-electron chi connectivity index (χ3n) is 1.08. The van der Waals surface area contributed by atoms with E-state index < -0.39 is 23.2 Å². The fourth-order valence-corrected chi connectivity index (χ4v) is 1.30. The molecule has 4 N–H and O–H groups in total. The largest absolute Gasteiger partial charge is 0.329 e. The van der Waals surface area contributed by atoms with Crippen LogP contribution in [-0.4, -0.2) is 38.8 Å². The van der Waals surface area contributed by atoms with Crippen LogP contribution in [0.5, 0.6) is 0 Å². The van der Waals surface area contributed by atoms with Crippen molar-refractivity contribution < 1.29 is 17.2 Å². The summed E-state index contributed by atoms with van der Waals surface area (Å²) in [7, 11) is -4.05. The molecule has 12 heavy (non-hydrogen) atoms. The highest BCUT2D eigenvalue weighted by Gasteiger charge is 2.20. The summed E-state index contributed by atoms with van der Waals surface area (Å²) in [5, 5.41) is 4.62. The first-order chi connectivity index (χ1) is 5.38. The second kappa shape index (κ2) is 4.65. The second-order valence-corrected chi connectivity index (χ2v) is 3.63. The van der Waals surface area contributed by atoms with Gasteiger partial charge in [0, 0.05) is 13.1 Å². The first kappa shape index (κ1) is 11.7. The summed E-state index contributed by atoms with van der Waals surface area (Å²) in [6, 6.07) is 0. The fourth-order valence-electron chi connectivity index (χ4n) is 0.620. The van der Waals surface area contributed by atoms with Gasteiger partial charge in [0.15, 0.2) is 0 Å². The zero-order valence-corrected chi connectivity index (χ0v) is 7.10. The van der Waals surface area contributed by atoms with Crippen LogP contribution in [0, 0.1) is 0 Å². The van der Waals surface area contributed by atoms with Crippen molar-refractivity contribution in [3.05, 3.63) is 0 Å². The van der Waals surface area contributed by atoms with Crippen LogP contribution in [0.4, 0.5) is 8.78 Å². The fraction of sp³-hybridized carbons (Fsp3) is 1.00. The van der Waals surface area contributed by atoms with Gasteiger partial charge in [-0.05, 0) is 0 Å². The lowest BCUT2D eigenvalue weighted by Crippen LogP contribution is -2.42. The molecule has 0 fully saturated rings. The number of rotatable bonds is 5. The van der Waals surface area contributed by atoms with Crippen LogP contribution in [0.1, 0.15) is 0 Å². The number of hydrogen-bond donors (Lipinski definition) is 2. The minimum atomic E-state index is -4.05. The van der Waals surface area contributed by atoms with Gasteiger partial charge in [-0.25, -0.2) is 13.9 Å². The van der Waals surface area contributed by atoms with Crippen LogP contribution in [-0.2, 0) is 10.2 Å². The zero-order valence-electron chi connectivity index (χ0n) is 6.28. The molecular weight excluding hydrogens is 192 g/mol. The molecule has 0 aromatic carbocycles. The Morgan fingerprint density at radius 3 is 2.17 bits per heavy atom. The van der Waals surface area contributed by atoms with Crippen LogP contribution in [0.2, 0.25) is 0 Å². The Morgan fingerprint density at radius 1 is 1.42 bits per heavy atom. The van der Waals surface area contributed by atoms with E-state index in [0.717, 1.165) is 0 Å². The summed E-state index contributed by atoms with van der Waals surface area (Å²) in [5.74, 6) is 0. The topological polar surface area (TPSA) is 89.4 Å². The van der Waals surface area contributed by atoms with E-state index >= 15 is 0 Å². The van der Waals surface area contributed by atoms with E-state index in [1.807, 2.05) is 0 Å². The number of nitrogens with two attached hydrogens (primary N) is 2. The molecule has 0 heterocycles. The van der Waals surface area contributed by atoms with E-state index in [1.54, 1.807) is 0 Å². The standard InChI is InChI=1S/C4H11F2N3O2S/c5-4(6)3-9(2-1-7)12(8,10)11/h4H,1-3,7H2,(H2,8,10,11). The van der Waals surface area contributed by atoms with Crippen molar-refractivity contribution in [3.63, 3.8) is 0 Å². The van der Waals surface area contributed by atoms with Gasteiger partial charge in [-0.3, -0.25) is 0 Å². The molecule has 0 spiro atoms. The van der Waals surface area contributed by atoms with Gasteiger partial charge in [-0.15, -0.1) is 0 Å². The molecule has 0 rings (SSSR count). The molecular formula is C4H11F2N3O2S. The zero-order chi connectivity index (χ0) is 9.78. The molecule has 0 unspecified atom stereocenters. The number of alkyl halides is 2. The molecule has 0 bridgehead atoms. The van der Waals surface area contributed by atoms with E-state index in [9.17, 15) is 17.2 Å². The van der Waals surface area contributed by atoms with E-state index in [-0.39, 0.29) is 13.1 Å². The van der Waals surface area contributed by atoms with Gasteiger partial charge in [0.1, 0.15) is 0 Å². The van der Waals surface area contributed by atoms with E-state index in [2.05, 4.69) is 5.14 Å². The molecule has 0 radical (unpaired) electrons. The highest BCUT2D eigenvalue weighted by atomic mass is 32.2. The molecule has 0 aliphatic rings. The van der Waals surface area contributed by atoms with Crippen molar-refractivity contribution in [1.29, 1.82) is 0 Å². The summed E-state index contributed by atoms with van der Waals surface area (Å²) >= 11 is 0. The monoisotopic (exact) mass is 203 g/mol. The summed E-state index contributed by atoms with van der Waals surface area (Å²) in [6.45, 7) is -1.14. The number of hydrogen-bond acceptors (Lipinski definition) is 3. The number of nitrogens with zero attached hydrogens (tertiary/aromatic N) is 1. The highest BCUT2D eigenvalue weighted by Crippen LogP contribution is 2.00. The summed E-state index contributed by atoms with van der Waals surface area (Å²) in [4.78, 5) is 0. The third kappa shape index (κ3) is 4.54. The van der Waals surface area contributed by atoms with Gasteiger partial charge in [-0.2, -0.15) is 12.7 Å². The molecule has 0 aliphatic heterocycles. The number of halogens is 2. The Kier molecular flexibility index (Phi) is 4.53. The molecule has 0 aromatic rings. The maximum absolute atomic E-state index is 11.7. The molecule has 8 heteroatoms. The Labute approximate surface area is 69.5 Å². The van der Waals surface area contributed by atoms with Crippen molar-refractivity contribution in [1.82, 2.24) is 4.31 Å². The highest BCUT2D eigenvalue weighted by molar-refractivity contribution is 7.86. The van der Waals surface area contributed by atoms with E-state index in [0.29, 0.717) is 4.31 Å². The predicted octanol–water partition coefficient (Wildman–Crippen LogP) is -1.28. The normalized spacial score (nSPS) is 12.8. The Balaban J connectivity index is 4.24. The van der Waals surface area contributed by atoms with Crippen LogP contribution < -0.4 is 10.9 Å². The lowest BCUT2D eigenvalue weighted by Gasteiger charge is -2.17. The van der Waals surface area contributed by atoms with Crippen molar-refractivity contribution in [2.45, 2.75) is 6.43 Å². The molecule has 0 atom stereocenters. The first-order valence-corrected chi connectivity index (χ1v) is 4.64. The van der Waals surface area contributed by atoms with Crippen LogP contribution in [0.15, 0.2) is 0 Å². The molecule has 5 nitrogen and oxygen atoms in total. The Morgan fingerprint density at radius 2 is 1.92 bits per heavy atom. The molecule has 0 aromatic heterocycles. The van der Waals surface area contributed by atoms with Crippen LogP contribution >= 0.6 is 0 Å². The van der Waals surface area contributed by atoms with E-state index in [1.165, 1.54) is 0 Å². The minimum Gasteiger partial charge on any atom is -0.329 e. The van der Waals surface area contributed by atoms with Crippen molar-refractivity contribution in [2.24, 2.45) is 10.9 Å². The summed E-state index contributed by atoms with van der Waals surface area (Å²) in [5.41, 5.74) is 5.00. The molecule has 0 saturated heterocycles. The first-order valence-electron chi connectivity index (χ1n) is 3.14. The lowest BCUT2D eigenvalue weighted by molar-refractivity contribution is 0.120. The van der Waals surface area contributed by atoms with Gasteiger partial charge in [-0.1, -0.05) is 0 Å².